The summed E-state index contributed by atoms with van der Waals surface area (Å²) < 4.78 is 68.3. The Kier molecular flexibility index (Phi) is 66.6. The molecule has 0 aliphatic rings. The SMILES string of the molecule is CC/C=C\C/C=C\C/C=C\C/C=C\CCCCC(=O)OCC(COP(=O)(O)OCC(O)COP(=O)(O)OCC(COC(=O)CCCCCCCCC/C=C\C/C=C\C/C=C\CC)OC(=O)CCCCCCCCCCCCCCC)OC(=O)CCCCCCC/C=C\CCCC. The molecular weight excluding hydrogens is 1260 g/mol. The molecule has 554 valence electrons. The molecule has 0 spiro atoms. The Morgan fingerprint density at radius 2 is 0.552 bits per heavy atom. The van der Waals surface area contributed by atoms with Crippen molar-refractivity contribution in [3.05, 3.63) is 97.2 Å². The van der Waals surface area contributed by atoms with Gasteiger partial charge in [-0.25, -0.2) is 9.13 Å². The van der Waals surface area contributed by atoms with E-state index in [1.165, 1.54) is 64.2 Å². The van der Waals surface area contributed by atoms with Gasteiger partial charge in [-0.2, -0.15) is 0 Å². The normalized spacial score (nSPS) is 14.5. The molecule has 5 unspecified atom stereocenters. The van der Waals surface area contributed by atoms with Crippen LogP contribution < -0.4 is 0 Å². The molecule has 0 saturated carbocycles. The Balaban J connectivity index is 5.34. The lowest BCUT2D eigenvalue weighted by atomic mass is 10.0. The number of phosphoric acid groups is 2. The van der Waals surface area contributed by atoms with Crippen LogP contribution in [-0.4, -0.2) is 96.7 Å². The van der Waals surface area contributed by atoms with Gasteiger partial charge in [0.1, 0.15) is 19.3 Å². The maximum Gasteiger partial charge on any atom is 0.472 e. The smallest absolute Gasteiger partial charge is 0.462 e. The zero-order valence-corrected chi connectivity index (χ0v) is 62.1. The second-order valence-electron chi connectivity index (χ2n) is 24.8. The van der Waals surface area contributed by atoms with E-state index in [2.05, 4.69) is 125 Å². The van der Waals surface area contributed by atoms with Crippen molar-refractivity contribution in [3.8, 4) is 0 Å². The fraction of sp³-hybridized carbons (Fsp3) is 0.740. The first-order valence-electron chi connectivity index (χ1n) is 37.5. The molecule has 0 aliphatic heterocycles. The highest BCUT2D eigenvalue weighted by molar-refractivity contribution is 7.47. The molecule has 0 aromatic carbocycles. The van der Waals surface area contributed by atoms with Gasteiger partial charge in [-0.15, -0.1) is 0 Å². The van der Waals surface area contributed by atoms with Crippen molar-refractivity contribution in [1.82, 2.24) is 0 Å². The standard InChI is InChI=1S/C77H134O17P2/c1-5-9-13-17-21-25-29-32-34-35-37-40-43-46-50-54-58-62-75(80)88-68-73(94-77(82)64-60-56-52-48-44-38-31-27-23-19-15-11-7-3)70-92-96(85,86)90-66-71(78)65-89-95(83,84)91-69-72(93-76(81)63-59-55-51-47-41-28-24-20-16-12-8-4)67-87-74(79)61-57-53-49-45-42-39-36-33-30-26-22-18-14-10-6-2/h9-10,13-14,20-22,24-26,32-34,36,42,45,71-73,78H,5-8,11-12,15-19,23,27-31,35,37-41,43-44,46-70H2,1-4H3,(H,83,84)(H,85,86)/b13-9-,14-10-,24-20-,25-21-,26-22-,34-32-,36-33-,45-42-. The minimum absolute atomic E-state index is 0.0755. The number of hydrogen-bond acceptors (Lipinski definition) is 15. The Labute approximate surface area is 582 Å². The number of ether oxygens (including phenoxy) is 4. The van der Waals surface area contributed by atoms with Crippen LogP contribution in [0.15, 0.2) is 97.2 Å². The van der Waals surface area contributed by atoms with E-state index in [1.54, 1.807) is 0 Å². The van der Waals surface area contributed by atoms with Gasteiger partial charge in [0.05, 0.1) is 26.4 Å². The molecular formula is C77H134O17P2. The van der Waals surface area contributed by atoms with E-state index in [9.17, 15) is 43.2 Å². The van der Waals surface area contributed by atoms with E-state index < -0.39 is 97.5 Å². The van der Waals surface area contributed by atoms with Gasteiger partial charge in [-0.3, -0.25) is 37.3 Å². The predicted molar refractivity (Wildman–Crippen MR) is 390 cm³/mol. The maximum atomic E-state index is 13.1. The molecule has 5 atom stereocenters. The largest absolute Gasteiger partial charge is 0.472 e. The van der Waals surface area contributed by atoms with Crippen LogP contribution >= 0.6 is 15.6 Å². The summed E-state index contributed by atoms with van der Waals surface area (Å²) in [5, 5.41) is 10.6. The van der Waals surface area contributed by atoms with Crippen molar-refractivity contribution in [2.45, 2.75) is 329 Å². The van der Waals surface area contributed by atoms with Crippen molar-refractivity contribution in [1.29, 1.82) is 0 Å². The van der Waals surface area contributed by atoms with Gasteiger partial charge in [0.15, 0.2) is 12.2 Å². The number of aliphatic hydroxyl groups excluding tert-OH is 1. The summed E-state index contributed by atoms with van der Waals surface area (Å²) in [5.41, 5.74) is 0. The average molecular weight is 1390 g/mol. The number of rotatable bonds is 70. The second-order valence-corrected chi connectivity index (χ2v) is 27.7. The predicted octanol–water partition coefficient (Wildman–Crippen LogP) is 21.2. The molecule has 19 heteroatoms. The summed E-state index contributed by atoms with van der Waals surface area (Å²) >= 11 is 0. The molecule has 0 aromatic rings. The summed E-state index contributed by atoms with van der Waals surface area (Å²) in [4.78, 5) is 72.7. The van der Waals surface area contributed by atoms with E-state index in [1.807, 2.05) is 0 Å². The number of phosphoric ester groups is 2. The van der Waals surface area contributed by atoms with Gasteiger partial charge in [-0.1, -0.05) is 266 Å². The van der Waals surface area contributed by atoms with E-state index in [-0.39, 0.29) is 25.7 Å². The molecule has 0 bridgehead atoms. The highest BCUT2D eigenvalue weighted by Crippen LogP contribution is 2.45. The summed E-state index contributed by atoms with van der Waals surface area (Å²) in [6.07, 6.45) is 71.2. The summed E-state index contributed by atoms with van der Waals surface area (Å²) in [6.45, 7) is 4.56. The Morgan fingerprint density at radius 3 is 0.896 bits per heavy atom. The Morgan fingerprint density at radius 1 is 0.302 bits per heavy atom. The Hall–Kier alpha value is -4.02. The van der Waals surface area contributed by atoms with Crippen LogP contribution in [-0.2, 0) is 65.4 Å². The second kappa shape index (κ2) is 69.5. The van der Waals surface area contributed by atoms with Crippen LogP contribution in [0.3, 0.4) is 0 Å². The Bertz CT molecular complexity index is 2200. The van der Waals surface area contributed by atoms with Gasteiger partial charge < -0.3 is 33.8 Å². The van der Waals surface area contributed by atoms with E-state index >= 15 is 0 Å². The number of unbranched alkanes of at least 4 members (excludes halogenated alkanes) is 28. The molecule has 0 heterocycles. The third-order valence-corrected chi connectivity index (χ3v) is 17.4. The van der Waals surface area contributed by atoms with Crippen molar-refractivity contribution in [3.63, 3.8) is 0 Å². The molecule has 17 nitrogen and oxygen atoms in total. The first-order valence-corrected chi connectivity index (χ1v) is 40.5. The van der Waals surface area contributed by atoms with Crippen molar-refractivity contribution in [2.75, 3.05) is 39.6 Å². The number of carbonyl (C=O) groups is 4. The van der Waals surface area contributed by atoms with Gasteiger partial charge in [0.2, 0.25) is 0 Å². The minimum Gasteiger partial charge on any atom is -0.462 e. The molecule has 3 N–H and O–H groups in total. The third kappa shape index (κ3) is 68.5. The number of hydrogen-bond donors (Lipinski definition) is 3. The van der Waals surface area contributed by atoms with Gasteiger partial charge in [0, 0.05) is 25.7 Å². The summed E-state index contributed by atoms with van der Waals surface area (Å²) in [5.74, 6) is -2.23. The highest BCUT2D eigenvalue weighted by Gasteiger charge is 2.30. The monoisotopic (exact) mass is 1390 g/mol. The van der Waals surface area contributed by atoms with Crippen LogP contribution in [0.1, 0.15) is 310 Å². The van der Waals surface area contributed by atoms with Crippen molar-refractivity contribution < 1.29 is 80.2 Å². The lowest BCUT2D eigenvalue weighted by Crippen LogP contribution is -2.30. The van der Waals surface area contributed by atoms with Crippen LogP contribution in [0.4, 0.5) is 0 Å². The average Bonchev–Trinajstić information content (AvgIpc) is 1.10. The molecule has 0 radical (unpaired) electrons. The maximum absolute atomic E-state index is 13.1. The van der Waals surface area contributed by atoms with Gasteiger partial charge >= 0.3 is 39.5 Å². The van der Waals surface area contributed by atoms with Crippen LogP contribution in [0, 0.1) is 0 Å². The fourth-order valence-corrected chi connectivity index (χ4v) is 11.4. The highest BCUT2D eigenvalue weighted by atomic mass is 31.2. The molecule has 0 amide bonds. The number of allylic oxidation sites excluding steroid dienone is 16. The number of aliphatic hydroxyl groups is 1. The molecule has 0 fully saturated rings. The van der Waals surface area contributed by atoms with Gasteiger partial charge in [0.25, 0.3) is 0 Å². The summed E-state index contributed by atoms with van der Waals surface area (Å²) in [7, 11) is -9.95. The van der Waals surface area contributed by atoms with Crippen molar-refractivity contribution in [2.24, 2.45) is 0 Å². The molecule has 0 aromatic heterocycles. The van der Waals surface area contributed by atoms with E-state index in [0.29, 0.717) is 25.7 Å². The molecule has 0 saturated heterocycles. The third-order valence-electron chi connectivity index (χ3n) is 15.5. The quantitative estimate of drug-likeness (QED) is 0.0169. The number of carbonyl (C=O) groups excluding carboxylic acids is 4. The topological polar surface area (TPSA) is 237 Å². The van der Waals surface area contributed by atoms with Crippen LogP contribution in [0.2, 0.25) is 0 Å². The fourth-order valence-electron chi connectivity index (χ4n) is 9.85. The summed E-state index contributed by atoms with van der Waals surface area (Å²) in [6, 6.07) is 0. The van der Waals surface area contributed by atoms with Gasteiger partial charge in [-0.05, 0) is 116 Å². The number of esters is 4. The lowest BCUT2D eigenvalue weighted by Gasteiger charge is -2.21. The zero-order valence-electron chi connectivity index (χ0n) is 60.3. The van der Waals surface area contributed by atoms with E-state index in [4.69, 9.17) is 37.0 Å². The molecule has 0 aliphatic carbocycles. The molecule has 0 rings (SSSR count). The first kappa shape index (κ1) is 92.0. The van der Waals surface area contributed by atoms with E-state index in [0.717, 1.165) is 167 Å². The lowest BCUT2D eigenvalue weighted by molar-refractivity contribution is -0.161. The zero-order chi connectivity index (χ0) is 70.4. The van der Waals surface area contributed by atoms with Crippen molar-refractivity contribution >= 4 is 39.5 Å². The first-order chi connectivity index (χ1) is 46.7. The van der Waals surface area contributed by atoms with Crippen LogP contribution in [0.25, 0.3) is 0 Å². The van der Waals surface area contributed by atoms with Crippen LogP contribution in [0.5, 0.6) is 0 Å². The molecule has 96 heavy (non-hydrogen) atoms. The minimum atomic E-state index is -4.98.